The molecule has 3 rings (SSSR count). The van der Waals surface area contributed by atoms with Crippen LogP contribution in [0.15, 0.2) is 48.5 Å². The number of ether oxygens (including phenoxy) is 1. The normalized spacial score (nSPS) is 14.0. The zero-order valence-electron chi connectivity index (χ0n) is 18.6. The van der Waals surface area contributed by atoms with Gasteiger partial charge in [0.25, 0.3) is 0 Å². The lowest BCUT2D eigenvalue weighted by molar-refractivity contribution is -0.147. The summed E-state index contributed by atoms with van der Waals surface area (Å²) < 4.78 is 5.53. The van der Waals surface area contributed by atoms with Gasteiger partial charge in [-0.25, -0.2) is 9.59 Å². The van der Waals surface area contributed by atoms with E-state index in [0.29, 0.717) is 6.42 Å². The Labute approximate surface area is 193 Å². The van der Waals surface area contributed by atoms with Gasteiger partial charge in [0.05, 0.1) is 0 Å². The number of rotatable bonds is 11. The van der Waals surface area contributed by atoms with Gasteiger partial charge in [0.2, 0.25) is 5.91 Å². The van der Waals surface area contributed by atoms with Crippen molar-refractivity contribution in [1.82, 2.24) is 10.6 Å². The van der Waals surface area contributed by atoms with Crippen molar-refractivity contribution in [2.75, 3.05) is 13.2 Å². The topological polar surface area (TPSA) is 125 Å². The number of carboxylic acids is 1. The molecule has 33 heavy (non-hydrogen) atoms. The summed E-state index contributed by atoms with van der Waals surface area (Å²) in [6, 6.07) is 15.3. The minimum atomic E-state index is -1.55. The van der Waals surface area contributed by atoms with Crippen molar-refractivity contribution in [2.24, 2.45) is 0 Å². The van der Waals surface area contributed by atoms with Gasteiger partial charge in [0, 0.05) is 18.9 Å². The Morgan fingerprint density at radius 3 is 2.18 bits per heavy atom. The van der Waals surface area contributed by atoms with E-state index in [2.05, 4.69) is 22.8 Å². The van der Waals surface area contributed by atoms with E-state index in [4.69, 9.17) is 9.84 Å². The number of aliphatic hydroxyl groups excluding tert-OH is 1. The third-order valence-corrected chi connectivity index (χ3v) is 5.80. The van der Waals surface area contributed by atoms with E-state index < -0.39 is 30.1 Å². The number of aliphatic carboxylic acids is 1. The third-order valence-electron chi connectivity index (χ3n) is 5.80. The van der Waals surface area contributed by atoms with Gasteiger partial charge in [0.15, 0.2) is 6.10 Å². The van der Waals surface area contributed by atoms with E-state index in [-0.39, 0.29) is 25.5 Å². The summed E-state index contributed by atoms with van der Waals surface area (Å²) in [5.41, 5.74) is 4.46. The van der Waals surface area contributed by atoms with Crippen LogP contribution in [0.2, 0.25) is 0 Å². The molecule has 2 amide bonds. The van der Waals surface area contributed by atoms with E-state index in [0.717, 1.165) is 35.1 Å². The number of alkyl carbamates (subject to hydrolysis) is 1. The highest BCUT2D eigenvalue weighted by Gasteiger charge is 2.29. The van der Waals surface area contributed by atoms with Crippen molar-refractivity contribution in [3.8, 4) is 11.1 Å². The number of amides is 2. The molecule has 0 fully saturated rings. The average molecular weight is 455 g/mol. The summed E-state index contributed by atoms with van der Waals surface area (Å²) in [7, 11) is 0. The molecule has 0 saturated heterocycles. The molecular weight excluding hydrogens is 424 g/mol. The molecular formula is C25H30N2O6. The molecule has 1 aliphatic rings. The van der Waals surface area contributed by atoms with Crippen LogP contribution in [-0.4, -0.2) is 53.5 Å². The second-order valence-electron chi connectivity index (χ2n) is 8.10. The Morgan fingerprint density at radius 1 is 1.00 bits per heavy atom. The van der Waals surface area contributed by atoms with Crippen molar-refractivity contribution in [2.45, 2.75) is 50.7 Å². The zero-order chi connectivity index (χ0) is 23.8. The number of hydrogen-bond donors (Lipinski definition) is 4. The summed E-state index contributed by atoms with van der Waals surface area (Å²) in [6.45, 7) is 2.11. The maximum Gasteiger partial charge on any atom is 0.407 e. The van der Waals surface area contributed by atoms with Crippen LogP contribution in [0.3, 0.4) is 0 Å². The molecule has 8 nitrogen and oxygen atoms in total. The molecule has 2 aromatic rings. The molecule has 0 aromatic heterocycles. The molecule has 8 heteroatoms. The first-order valence-corrected chi connectivity index (χ1v) is 11.2. The van der Waals surface area contributed by atoms with E-state index >= 15 is 0 Å². The number of carbonyl (C=O) groups is 3. The van der Waals surface area contributed by atoms with Crippen LogP contribution in [0, 0.1) is 0 Å². The van der Waals surface area contributed by atoms with Crippen LogP contribution < -0.4 is 10.6 Å². The number of aliphatic hydroxyl groups is 1. The van der Waals surface area contributed by atoms with Crippen LogP contribution in [0.25, 0.3) is 11.1 Å². The Kier molecular flexibility index (Phi) is 8.43. The van der Waals surface area contributed by atoms with E-state index in [1.54, 1.807) is 0 Å². The SMILES string of the molecule is CCCC[C@H](NC(=O)OCC1c2ccccc2-c2ccccc21)C(=O)NCC[C@H](O)C(=O)O. The lowest BCUT2D eigenvalue weighted by atomic mass is 9.98. The summed E-state index contributed by atoms with van der Waals surface area (Å²) >= 11 is 0. The smallest absolute Gasteiger partial charge is 0.407 e. The van der Waals surface area contributed by atoms with Crippen LogP contribution in [0.5, 0.6) is 0 Å². The fourth-order valence-electron chi connectivity index (χ4n) is 4.04. The maximum absolute atomic E-state index is 12.5. The zero-order valence-corrected chi connectivity index (χ0v) is 18.6. The number of hydrogen-bond acceptors (Lipinski definition) is 5. The first kappa shape index (κ1) is 24.3. The van der Waals surface area contributed by atoms with Gasteiger partial charge in [0.1, 0.15) is 12.6 Å². The molecule has 176 valence electrons. The van der Waals surface area contributed by atoms with Gasteiger partial charge in [-0.2, -0.15) is 0 Å². The van der Waals surface area contributed by atoms with Gasteiger partial charge < -0.3 is 25.6 Å². The van der Waals surface area contributed by atoms with Crippen molar-refractivity contribution >= 4 is 18.0 Å². The highest BCUT2D eigenvalue weighted by molar-refractivity contribution is 5.85. The lowest BCUT2D eigenvalue weighted by Crippen LogP contribution is -2.47. The predicted molar refractivity (Wildman–Crippen MR) is 123 cm³/mol. The Balaban J connectivity index is 1.58. The molecule has 2 aromatic carbocycles. The average Bonchev–Trinajstić information content (AvgIpc) is 3.13. The number of nitrogens with one attached hydrogen (secondary N) is 2. The standard InChI is InChI=1S/C25H30N2O6/c1-2-3-12-21(23(29)26-14-13-22(28)24(30)31)27-25(32)33-15-20-18-10-6-4-8-16(18)17-9-5-7-11-19(17)20/h4-11,20-22,28H,2-3,12-15H2,1H3,(H,26,29)(H,27,32)(H,30,31)/t21-,22-/m0/s1. The quantitative estimate of drug-likeness (QED) is 0.414. The fraction of sp³-hybridized carbons (Fsp3) is 0.400. The Bertz CT molecular complexity index is 947. The van der Waals surface area contributed by atoms with Crippen molar-refractivity contribution < 1.29 is 29.3 Å². The molecule has 0 bridgehead atoms. The van der Waals surface area contributed by atoms with Crippen LogP contribution >= 0.6 is 0 Å². The number of carbonyl (C=O) groups excluding carboxylic acids is 2. The number of unbranched alkanes of at least 4 members (excludes halogenated alkanes) is 1. The molecule has 0 saturated carbocycles. The van der Waals surface area contributed by atoms with Crippen molar-refractivity contribution in [3.05, 3.63) is 59.7 Å². The van der Waals surface area contributed by atoms with Crippen LogP contribution in [0.4, 0.5) is 4.79 Å². The molecule has 0 spiro atoms. The van der Waals surface area contributed by atoms with Crippen LogP contribution in [-0.2, 0) is 14.3 Å². The first-order valence-electron chi connectivity index (χ1n) is 11.2. The van der Waals surface area contributed by atoms with Crippen LogP contribution in [0.1, 0.15) is 49.7 Å². The molecule has 0 aliphatic heterocycles. The summed E-state index contributed by atoms with van der Waals surface area (Å²) in [5.74, 6) is -1.86. The minimum Gasteiger partial charge on any atom is -0.479 e. The second kappa shape index (κ2) is 11.5. The van der Waals surface area contributed by atoms with E-state index in [9.17, 15) is 19.5 Å². The third kappa shape index (κ3) is 6.10. The highest BCUT2D eigenvalue weighted by Crippen LogP contribution is 2.44. The summed E-state index contributed by atoms with van der Waals surface area (Å²) in [6.07, 6.45) is -0.360. The van der Waals surface area contributed by atoms with Gasteiger partial charge >= 0.3 is 12.1 Å². The van der Waals surface area contributed by atoms with Gasteiger partial charge in [-0.3, -0.25) is 4.79 Å². The van der Waals surface area contributed by atoms with Crippen molar-refractivity contribution in [1.29, 1.82) is 0 Å². The van der Waals surface area contributed by atoms with Gasteiger partial charge in [-0.1, -0.05) is 68.3 Å². The fourth-order valence-corrected chi connectivity index (χ4v) is 4.04. The summed E-state index contributed by atoms with van der Waals surface area (Å²) in [5, 5.41) is 23.3. The Hall–Kier alpha value is -3.39. The molecule has 4 N–H and O–H groups in total. The van der Waals surface area contributed by atoms with Gasteiger partial charge in [-0.15, -0.1) is 0 Å². The maximum atomic E-state index is 12.5. The second-order valence-corrected chi connectivity index (χ2v) is 8.10. The first-order chi connectivity index (χ1) is 15.9. The molecule has 0 heterocycles. The largest absolute Gasteiger partial charge is 0.479 e. The Morgan fingerprint density at radius 2 is 1.61 bits per heavy atom. The highest BCUT2D eigenvalue weighted by atomic mass is 16.5. The van der Waals surface area contributed by atoms with E-state index in [1.807, 2.05) is 43.3 Å². The molecule has 1 aliphatic carbocycles. The molecule has 2 atom stereocenters. The molecule has 0 radical (unpaired) electrons. The lowest BCUT2D eigenvalue weighted by Gasteiger charge is -2.20. The minimum absolute atomic E-state index is 0.0126. The van der Waals surface area contributed by atoms with Crippen molar-refractivity contribution in [3.63, 3.8) is 0 Å². The summed E-state index contributed by atoms with van der Waals surface area (Å²) in [4.78, 5) is 35.7. The predicted octanol–water partition coefficient (Wildman–Crippen LogP) is 3.04. The number of benzene rings is 2. The van der Waals surface area contributed by atoms with E-state index in [1.165, 1.54) is 0 Å². The molecule has 0 unspecified atom stereocenters. The van der Waals surface area contributed by atoms with Gasteiger partial charge in [-0.05, 0) is 28.7 Å². The monoisotopic (exact) mass is 454 g/mol. The number of fused-ring (bicyclic) bond motifs is 3. The number of carboxylic acid groups (broad SMARTS) is 1.